The molecule has 3 nitrogen and oxygen atoms in total. The van der Waals surface area contributed by atoms with Crippen molar-refractivity contribution in [3.05, 3.63) is 35.6 Å². The van der Waals surface area contributed by atoms with Gasteiger partial charge < -0.3 is 10.6 Å². The van der Waals surface area contributed by atoms with Gasteiger partial charge in [-0.25, -0.2) is 4.39 Å². The molecule has 1 atom stereocenters. The molecule has 0 spiro atoms. The normalized spacial score (nSPS) is 18.8. The van der Waals surface area contributed by atoms with Crippen molar-refractivity contribution in [1.82, 2.24) is 10.6 Å². The molecule has 1 unspecified atom stereocenters. The van der Waals surface area contributed by atoms with E-state index in [0.717, 1.165) is 25.1 Å². The van der Waals surface area contributed by atoms with E-state index in [1.807, 2.05) is 6.07 Å². The minimum Gasteiger partial charge on any atom is -0.356 e. The van der Waals surface area contributed by atoms with Crippen LogP contribution in [0.1, 0.15) is 18.4 Å². The van der Waals surface area contributed by atoms with Crippen LogP contribution in [-0.2, 0) is 11.2 Å². The molecule has 18 heavy (non-hydrogen) atoms. The number of halogens is 1. The molecule has 0 aromatic heterocycles. The van der Waals surface area contributed by atoms with Gasteiger partial charge in [-0.1, -0.05) is 12.1 Å². The molecular formula is C14H19FN2O. The van der Waals surface area contributed by atoms with Crippen molar-refractivity contribution in [2.24, 2.45) is 5.92 Å². The first-order chi connectivity index (χ1) is 8.74. The molecule has 1 aromatic carbocycles. The van der Waals surface area contributed by atoms with Gasteiger partial charge in [-0.05, 0) is 49.5 Å². The number of nitrogens with one attached hydrogen (secondary N) is 2. The number of hydrogen-bond donors (Lipinski definition) is 2. The van der Waals surface area contributed by atoms with Crippen molar-refractivity contribution >= 4 is 5.91 Å². The van der Waals surface area contributed by atoms with Crippen LogP contribution in [0.15, 0.2) is 24.3 Å². The predicted molar refractivity (Wildman–Crippen MR) is 68.7 cm³/mol. The van der Waals surface area contributed by atoms with Crippen LogP contribution < -0.4 is 10.6 Å². The molecule has 1 fully saturated rings. The second-order valence-electron chi connectivity index (χ2n) is 4.79. The summed E-state index contributed by atoms with van der Waals surface area (Å²) in [4.78, 5) is 11.6. The molecule has 1 saturated heterocycles. The molecule has 0 aliphatic carbocycles. The Bertz CT molecular complexity index is 403. The fourth-order valence-electron chi connectivity index (χ4n) is 2.26. The second kappa shape index (κ2) is 6.50. The Morgan fingerprint density at radius 2 is 2.39 bits per heavy atom. The van der Waals surface area contributed by atoms with Gasteiger partial charge in [0.2, 0.25) is 5.91 Å². The maximum absolute atomic E-state index is 12.9. The molecule has 0 saturated carbocycles. The van der Waals surface area contributed by atoms with E-state index >= 15 is 0 Å². The summed E-state index contributed by atoms with van der Waals surface area (Å²) < 4.78 is 12.9. The first-order valence-electron chi connectivity index (χ1n) is 6.46. The fraction of sp³-hybridized carbons (Fsp3) is 0.500. The van der Waals surface area contributed by atoms with E-state index in [1.54, 1.807) is 6.07 Å². The van der Waals surface area contributed by atoms with Crippen LogP contribution in [-0.4, -0.2) is 25.5 Å². The number of amides is 1. The Balaban J connectivity index is 1.66. The molecule has 0 bridgehead atoms. The van der Waals surface area contributed by atoms with Gasteiger partial charge >= 0.3 is 0 Å². The molecule has 1 amide bonds. The van der Waals surface area contributed by atoms with E-state index in [2.05, 4.69) is 10.6 Å². The van der Waals surface area contributed by atoms with Gasteiger partial charge in [0.15, 0.2) is 0 Å². The summed E-state index contributed by atoms with van der Waals surface area (Å²) in [5, 5.41) is 6.13. The zero-order chi connectivity index (χ0) is 12.8. The molecule has 1 aliphatic heterocycles. The number of benzene rings is 1. The van der Waals surface area contributed by atoms with Crippen molar-refractivity contribution < 1.29 is 9.18 Å². The maximum atomic E-state index is 12.9. The first-order valence-corrected chi connectivity index (χ1v) is 6.46. The van der Waals surface area contributed by atoms with Gasteiger partial charge in [-0.3, -0.25) is 4.79 Å². The summed E-state index contributed by atoms with van der Waals surface area (Å²) in [6.45, 7) is 2.53. The Kier molecular flexibility index (Phi) is 4.70. The van der Waals surface area contributed by atoms with Crippen molar-refractivity contribution in [1.29, 1.82) is 0 Å². The lowest BCUT2D eigenvalue weighted by molar-refractivity contribution is -0.121. The Morgan fingerprint density at radius 3 is 3.11 bits per heavy atom. The SMILES string of the molecule is O=C(CC1CCNC1)NCCc1cccc(F)c1. The van der Waals surface area contributed by atoms with Crippen molar-refractivity contribution in [3.8, 4) is 0 Å². The average molecular weight is 250 g/mol. The lowest BCUT2D eigenvalue weighted by atomic mass is 10.0. The van der Waals surface area contributed by atoms with Gasteiger partial charge in [0.1, 0.15) is 5.82 Å². The minimum atomic E-state index is -0.226. The van der Waals surface area contributed by atoms with E-state index in [0.29, 0.717) is 25.3 Å². The third kappa shape index (κ3) is 4.11. The Morgan fingerprint density at radius 1 is 1.50 bits per heavy atom. The number of carbonyl (C=O) groups is 1. The quantitative estimate of drug-likeness (QED) is 0.831. The molecular weight excluding hydrogens is 231 g/mol. The Hall–Kier alpha value is -1.42. The summed E-state index contributed by atoms with van der Waals surface area (Å²) in [7, 11) is 0. The molecule has 0 radical (unpaired) electrons. The van der Waals surface area contributed by atoms with Gasteiger partial charge in [-0.2, -0.15) is 0 Å². The highest BCUT2D eigenvalue weighted by molar-refractivity contribution is 5.76. The highest BCUT2D eigenvalue weighted by Crippen LogP contribution is 2.11. The zero-order valence-electron chi connectivity index (χ0n) is 10.4. The summed E-state index contributed by atoms with van der Waals surface area (Å²) in [5.74, 6) is 0.343. The van der Waals surface area contributed by atoms with E-state index in [1.165, 1.54) is 12.1 Å². The topological polar surface area (TPSA) is 41.1 Å². The molecule has 4 heteroatoms. The van der Waals surface area contributed by atoms with Crippen LogP contribution >= 0.6 is 0 Å². The van der Waals surface area contributed by atoms with E-state index in [4.69, 9.17) is 0 Å². The molecule has 2 rings (SSSR count). The van der Waals surface area contributed by atoms with Crippen LogP contribution in [0.2, 0.25) is 0 Å². The maximum Gasteiger partial charge on any atom is 0.220 e. The van der Waals surface area contributed by atoms with E-state index < -0.39 is 0 Å². The third-order valence-electron chi connectivity index (χ3n) is 3.26. The predicted octanol–water partition coefficient (Wildman–Crippen LogP) is 1.48. The van der Waals surface area contributed by atoms with Crippen molar-refractivity contribution in [3.63, 3.8) is 0 Å². The van der Waals surface area contributed by atoms with Crippen LogP contribution in [0, 0.1) is 11.7 Å². The molecule has 98 valence electrons. The van der Waals surface area contributed by atoms with Crippen LogP contribution in [0.5, 0.6) is 0 Å². The zero-order valence-corrected chi connectivity index (χ0v) is 10.4. The van der Waals surface area contributed by atoms with Crippen LogP contribution in [0.25, 0.3) is 0 Å². The Labute approximate surface area is 107 Å². The van der Waals surface area contributed by atoms with E-state index in [-0.39, 0.29) is 11.7 Å². The molecule has 1 aliphatic rings. The number of rotatable bonds is 5. The highest BCUT2D eigenvalue weighted by Gasteiger charge is 2.17. The van der Waals surface area contributed by atoms with Gasteiger partial charge in [0, 0.05) is 13.0 Å². The first kappa shape index (κ1) is 13.0. The van der Waals surface area contributed by atoms with Crippen LogP contribution in [0.4, 0.5) is 4.39 Å². The lowest BCUT2D eigenvalue weighted by Crippen LogP contribution is -2.28. The highest BCUT2D eigenvalue weighted by atomic mass is 19.1. The van der Waals surface area contributed by atoms with Gasteiger partial charge in [0.05, 0.1) is 0 Å². The monoisotopic (exact) mass is 250 g/mol. The molecule has 1 aromatic rings. The summed E-state index contributed by atoms with van der Waals surface area (Å²) in [5.41, 5.74) is 0.915. The second-order valence-corrected chi connectivity index (χ2v) is 4.79. The summed E-state index contributed by atoms with van der Waals surface area (Å²) in [6, 6.07) is 6.50. The fourth-order valence-corrected chi connectivity index (χ4v) is 2.26. The lowest BCUT2D eigenvalue weighted by Gasteiger charge is -2.09. The minimum absolute atomic E-state index is 0.0973. The summed E-state index contributed by atoms with van der Waals surface area (Å²) in [6.07, 6.45) is 2.35. The standard InChI is InChI=1S/C14H19FN2O/c15-13-3-1-2-11(8-13)5-7-17-14(18)9-12-4-6-16-10-12/h1-3,8,12,16H,4-7,9-10H2,(H,17,18). The third-order valence-corrected chi connectivity index (χ3v) is 3.26. The smallest absolute Gasteiger partial charge is 0.220 e. The van der Waals surface area contributed by atoms with Crippen molar-refractivity contribution in [2.75, 3.05) is 19.6 Å². The summed E-state index contributed by atoms with van der Waals surface area (Å²) >= 11 is 0. The number of hydrogen-bond acceptors (Lipinski definition) is 2. The van der Waals surface area contributed by atoms with Gasteiger partial charge in [0.25, 0.3) is 0 Å². The molecule has 2 N–H and O–H groups in total. The van der Waals surface area contributed by atoms with Crippen LogP contribution in [0.3, 0.4) is 0 Å². The van der Waals surface area contributed by atoms with Crippen molar-refractivity contribution in [2.45, 2.75) is 19.3 Å². The number of carbonyl (C=O) groups excluding carboxylic acids is 1. The molecule has 1 heterocycles. The van der Waals surface area contributed by atoms with E-state index in [9.17, 15) is 9.18 Å². The largest absolute Gasteiger partial charge is 0.356 e. The van der Waals surface area contributed by atoms with Gasteiger partial charge in [-0.15, -0.1) is 0 Å². The average Bonchev–Trinajstić information content (AvgIpc) is 2.82.